The van der Waals surface area contributed by atoms with Crippen molar-refractivity contribution in [3.8, 4) is 5.75 Å². The summed E-state index contributed by atoms with van der Waals surface area (Å²) in [5.41, 5.74) is 3.07. The number of carbonyl (C=O) groups excluding carboxylic acids is 1. The summed E-state index contributed by atoms with van der Waals surface area (Å²) < 4.78 is 11.6. The highest BCUT2D eigenvalue weighted by atomic mass is 16.5. The number of aromatic nitrogens is 2. The zero-order chi connectivity index (χ0) is 20.8. The Morgan fingerprint density at radius 3 is 2.83 bits per heavy atom. The molecule has 1 aromatic heterocycles. The zero-order valence-corrected chi connectivity index (χ0v) is 17.9. The largest absolute Gasteiger partial charge is 0.497 e. The van der Waals surface area contributed by atoms with Crippen molar-refractivity contribution in [3.63, 3.8) is 0 Å². The summed E-state index contributed by atoms with van der Waals surface area (Å²) in [7, 11) is 1.66. The second kappa shape index (κ2) is 9.89. The number of rotatable bonds is 8. The first-order valence-electron chi connectivity index (χ1n) is 10.2. The lowest BCUT2D eigenvalue weighted by atomic mass is 10.2. The molecule has 0 radical (unpaired) electrons. The molecule has 2 heterocycles. The molecule has 0 spiro atoms. The number of amides is 1. The summed E-state index contributed by atoms with van der Waals surface area (Å²) >= 11 is 0. The fourth-order valence-electron chi connectivity index (χ4n) is 3.63. The Balaban J connectivity index is 1.70. The van der Waals surface area contributed by atoms with Crippen LogP contribution in [-0.4, -0.2) is 65.1 Å². The third-order valence-electron chi connectivity index (χ3n) is 5.11. The molecule has 0 saturated carbocycles. The van der Waals surface area contributed by atoms with Crippen molar-refractivity contribution in [2.45, 2.75) is 40.0 Å². The van der Waals surface area contributed by atoms with Crippen LogP contribution < -0.4 is 4.74 Å². The van der Waals surface area contributed by atoms with Crippen LogP contribution in [0.2, 0.25) is 0 Å². The van der Waals surface area contributed by atoms with Gasteiger partial charge in [0.05, 0.1) is 38.4 Å². The number of methoxy groups -OCH3 is 1. The van der Waals surface area contributed by atoms with Crippen LogP contribution in [0, 0.1) is 12.8 Å². The van der Waals surface area contributed by atoms with Gasteiger partial charge in [0.15, 0.2) is 0 Å². The lowest BCUT2D eigenvalue weighted by Crippen LogP contribution is -2.40. The van der Waals surface area contributed by atoms with Gasteiger partial charge in [-0.3, -0.25) is 9.69 Å². The van der Waals surface area contributed by atoms with Gasteiger partial charge in [0.1, 0.15) is 5.75 Å². The first kappa shape index (κ1) is 21.3. The van der Waals surface area contributed by atoms with E-state index in [9.17, 15) is 4.79 Å². The Morgan fingerprint density at radius 2 is 2.14 bits per heavy atom. The average Bonchev–Trinajstić information content (AvgIpc) is 3.02. The highest BCUT2D eigenvalue weighted by Crippen LogP contribution is 2.17. The number of ether oxygens (including phenoxy) is 2. The van der Waals surface area contributed by atoms with E-state index >= 15 is 0 Å². The van der Waals surface area contributed by atoms with E-state index in [-0.39, 0.29) is 12.0 Å². The minimum Gasteiger partial charge on any atom is -0.497 e. The minimum absolute atomic E-state index is 0.0642. The molecule has 7 nitrogen and oxygen atoms in total. The molecule has 7 heteroatoms. The van der Waals surface area contributed by atoms with E-state index in [4.69, 9.17) is 9.47 Å². The van der Waals surface area contributed by atoms with Gasteiger partial charge in [0, 0.05) is 31.9 Å². The molecule has 158 valence electrons. The number of benzene rings is 1. The van der Waals surface area contributed by atoms with Crippen molar-refractivity contribution in [1.29, 1.82) is 0 Å². The molecule has 1 amide bonds. The van der Waals surface area contributed by atoms with Crippen LogP contribution in [0.25, 0.3) is 0 Å². The van der Waals surface area contributed by atoms with E-state index in [1.54, 1.807) is 13.4 Å². The molecule has 0 bridgehead atoms. The Hall–Kier alpha value is -2.38. The van der Waals surface area contributed by atoms with E-state index in [0.717, 1.165) is 29.2 Å². The topological polar surface area (TPSA) is 70.7 Å². The summed E-state index contributed by atoms with van der Waals surface area (Å²) in [6, 6.07) is 7.90. The quantitative estimate of drug-likeness (QED) is 0.738. The molecule has 1 N–H and O–H groups in total. The number of H-pyrrole nitrogens is 1. The molecule has 0 aliphatic carbocycles. The van der Waals surface area contributed by atoms with Crippen molar-refractivity contribution >= 4 is 5.91 Å². The van der Waals surface area contributed by atoms with Crippen molar-refractivity contribution in [1.82, 2.24) is 19.8 Å². The van der Waals surface area contributed by atoms with Gasteiger partial charge in [-0.05, 0) is 30.5 Å². The Morgan fingerprint density at radius 1 is 1.31 bits per heavy atom. The fraction of sp³-hybridized carbons (Fsp3) is 0.545. The van der Waals surface area contributed by atoms with E-state index in [1.807, 2.05) is 36.1 Å². The first-order valence-corrected chi connectivity index (χ1v) is 10.2. The summed E-state index contributed by atoms with van der Waals surface area (Å²) in [5, 5.41) is 0. The Bertz CT molecular complexity index is 805. The third-order valence-corrected chi connectivity index (χ3v) is 5.11. The monoisotopic (exact) mass is 400 g/mol. The van der Waals surface area contributed by atoms with Crippen LogP contribution in [0.1, 0.15) is 30.8 Å². The van der Waals surface area contributed by atoms with Gasteiger partial charge >= 0.3 is 0 Å². The number of aromatic amines is 1. The molecule has 1 aliphatic heterocycles. The van der Waals surface area contributed by atoms with E-state index in [2.05, 4.69) is 28.7 Å². The number of aryl methyl sites for hydroxylation is 1. The number of hydrogen-bond acceptors (Lipinski definition) is 5. The number of imidazole rings is 1. The summed E-state index contributed by atoms with van der Waals surface area (Å²) in [4.78, 5) is 24.5. The van der Waals surface area contributed by atoms with Crippen LogP contribution in [0.15, 0.2) is 30.6 Å². The lowest BCUT2D eigenvalue weighted by Gasteiger charge is -2.26. The van der Waals surface area contributed by atoms with Crippen molar-refractivity contribution in [2.24, 2.45) is 5.92 Å². The van der Waals surface area contributed by atoms with Crippen LogP contribution in [0.5, 0.6) is 5.75 Å². The molecular formula is C22H32N4O3. The second-order valence-electron chi connectivity index (χ2n) is 8.12. The van der Waals surface area contributed by atoms with Crippen LogP contribution in [-0.2, 0) is 22.7 Å². The predicted octanol–water partition coefficient (Wildman–Crippen LogP) is 2.61. The van der Waals surface area contributed by atoms with Crippen LogP contribution in [0.3, 0.4) is 0 Å². The SMILES string of the molecule is COc1cccc(CO[C@H]2CN(Cc3nc[nH]c3C)CC(=O)N(CC(C)C)C2)c1. The molecule has 1 aromatic carbocycles. The zero-order valence-electron chi connectivity index (χ0n) is 17.9. The second-order valence-corrected chi connectivity index (χ2v) is 8.12. The van der Waals surface area contributed by atoms with E-state index < -0.39 is 0 Å². The summed E-state index contributed by atoms with van der Waals surface area (Å²) in [6.07, 6.45) is 1.64. The molecule has 29 heavy (non-hydrogen) atoms. The summed E-state index contributed by atoms with van der Waals surface area (Å²) in [6.45, 7) is 9.82. The lowest BCUT2D eigenvalue weighted by molar-refractivity contribution is -0.132. The maximum Gasteiger partial charge on any atom is 0.236 e. The molecule has 2 aromatic rings. The van der Waals surface area contributed by atoms with Gasteiger partial charge in [-0.25, -0.2) is 4.98 Å². The fourth-order valence-corrected chi connectivity index (χ4v) is 3.63. The number of nitrogens with zero attached hydrogens (tertiary/aromatic N) is 3. The number of carbonyl (C=O) groups is 1. The molecule has 1 atom stereocenters. The molecule has 0 unspecified atom stereocenters. The van der Waals surface area contributed by atoms with Gasteiger partial charge in [-0.15, -0.1) is 0 Å². The standard InChI is InChI=1S/C22H32N4O3/c1-16(2)9-26-11-20(29-14-18-6-5-7-19(8-18)28-4)10-25(13-22(26)27)12-21-17(3)23-15-24-21/h5-8,15-16,20H,9-14H2,1-4H3,(H,23,24)/t20-/m0/s1. The van der Waals surface area contributed by atoms with Gasteiger partial charge in [-0.1, -0.05) is 26.0 Å². The first-order chi connectivity index (χ1) is 13.9. The molecular weight excluding hydrogens is 368 g/mol. The Kier molecular flexibility index (Phi) is 7.28. The van der Waals surface area contributed by atoms with Crippen LogP contribution in [0.4, 0.5) is 0 Å². The minimum atomic E-state index is -0.0642. The van der Waals surface area contributed by atoms with Gasteiger partial charge in [0.2, 0.25) is 5.91 Å². The maximum atomic E-state index is 12.9. The van der Waals surface area contributed by atoms with Crippen molar-refractivity contribution in [3.05, 3.63) is 47.5 Å². The van der Waals surface area contributed by atoms with Crippen molar-refractivity contribution < 1.29 is 14.3 Å². The van der Waals surface area contributed by atoms with E-state index in [1.165, 1.54) is 0 Å². The van der Waals surface area contributed by atoms with Gasteiger partial charge < -0.3 is 19.4 Å². The molecule has 3 rings (SSSR count). The van der Waals surface area contributed by atoms with Gasteiger partial charge in [-0.2, -0.15) is 0 Å². The number of nitrogens with one attached hydrogen (secondary N) is 1. The predicted molar refractivity (Wildman–Crippen MR) is 112 cm³/mol. The Labute approximate surface area is 173 Å². The highest BCUT2D eigenvalue weighted by Gasteiger charge is 2.29. The third kappa shape index (κ3) is 6.05. The molecule has 1 saturated heterocycles. The van der Waals surface area contributed by atoms with E-state index in [0.29, 0.717) is 38.7 Å². The molecule has 1 fully saturated rings. The molecule has 1 aliphatic rings. The normalized spacial score (nSPS) is 18.3. The van der Waals surface area contributed by atoms with Crippen molar-refractivity contribution in [2.75, 3.05) is 33.3 Å². The number of hydrogen-bond donors (Lipinski definition) is 1. The summed E-state index contributed by atoms with van der Waals surface area (Å²) in [5.74, 6) is 1.39. The average molecular weight is 401 g/mol. The maximum absolute atomic E-state index is 12.9. The van der Waals surface area contributed by atoms with Gasteiger partial charge in [0.25, 0.3) is 0 Å². The highest BCUT2D eigenvalue weighted by molar-refractivity contribution is 5.78. The smallest absolute Gasteiger partial charge is 0.236 e. The van der Waals surface area contributed by atoms with Crippen LogP contribution >= 0.6 is 0 Å².